The van der Waals surface area contributed by atoms with Crippen molar-refractivity contribution in [1.29, 1.82) is 0 Å². The number of nitrogens with zero attached hydrogens (tertiary/aromatic N) is 2. The monoisotopic (exact) mass is 280 g/mol. The van der Waals surface area contributed by atoms with Crippen molar-refractivity contribution < 1.29 is 9.90 Å². The van der Waals surface area contributed by atoms with Gasteiger partial charge >= 0.3 is 5.97 Å². The first-order chi connectivity index (χ1) is 8.85. The fraction of sp³-hybridized carbons (Fsp3) is 0.429. The second kappa shape index (κ2) is 4.85. The summed E-state index contributed by atoms with van der Waals surface area (Å²) in [5, 5.41) is 13.6. The minimum absolute atomic E-state index is 0.210. The number of carboxylic acids is 1. The van der Waals surface area contributed by atoms with Crippen LogP contribution in [0.15, 0.2) is 30.0 Å². The molecule has 2 unspecified atom stereocenters. The largest absolute Gasteiger partial charge is 0.478 e. The van der Waals surface area contributed by atoms with Gasteiger partial charge in [-0.05, 0) is 13.3 Å². The van der Waals surface area contributed by atoms with Gasteiger partial charge in [-0.1, -0.05) is 30.7 Å². The van der Waals surface area contributed by atoms with Gasteiger partial charge in [-0.25, -0.2) is 4.79 Å². The summed E-state index contributed by atoms with van der Waals surface area (Å²) in [6, 6.07) is 0. The predicted octanol–water partition coefficient (Wildman–Crippen LogP) is 3.11. The summed E-state index contributed by atoms with van der Waals surface area (Å²) in [7, 11) is 1.71. The van der Waals surface area contributed by atoms with E-state index < -0.39 is 10.8 Å². The third kappa shape index (κ3) is 2.59. The minimum Gasteiger partial charge on any atom is -0.478 e. The Labute approximate surface area is 117 Å². The Bertz CT molecular complexity index is 570. The van der Waals surface area contributed by atoms with Crippen LogP contribution in [0.5, 0.6) is 0 Å². The summed E-state index contributed by atoms with van der Waals surface area (Å²) in [6.45, 7) is 3.93. The van der Waals surface area contributed by atoms with Gasteiger partial charge in [0.05, 0.1) is 10.6 Å². The molecule has 0 bridgehead atoms. The van der Waals surface area contributed by atoms with Gasteiger partial charge in [0.25, 0.3) is 0 Å². The molecule has 2 rings (SSSR count). The van der Waals surface area contributed by atoms with Gasteiger partial charge in [0, 0.05) is 19.2 Å². The number of alkyl halides is 1. The molecule has 0 saturated carbocycles. The van der Waals surface area contributed by atoms with Crippen LogP contribution in [0.2, 0.25) is 0 Å². The average Bonchev–Trinajstić information content (AvgIpc) is 2.71. The van der Waals surface area contributed by atoms with Crippen LogP contribution in [0.3, 0.4) is 0 Å². The molecule has 1 N–H and O–H groups in total. The molecular formula is C14H17ClN2O2. The number of allylic oxidation sites excluding steroid dienone is 4. The highest BCUT2D eigenvalue weighted by atomic mass is 35.5. The molecule has 5 heteroatoms. The van der Waals surface area contributed by atoms with Gasteiger partial charge in [-0.15, -0.1) is 11.6 Å². The van der Waals surface area contributed by atoms with Gasteiger partial charge in [-0.3, -0.25) is 4.68 Å². The zero-order chi connectivity index (χ0) is 14.2. The summed E-state index contributed by atoms with van der Waals surface area (Å²) in [6.07, 6.45) is 8.32. The summed E-state index contributed by atoms with van der Waals surface area (Å²) < 4.78 is 1.52. The van der Waals surface area contributed by atoms with Gasteiger partial charge in [0.2, 0.25) is 0 Å². The Morgan fingerprint density at radius 3 is 2.89 bits per heavy atom. The van der Waals surface area contributed by atoms with Crippen molar-refractivity contribution in [3.63, 3.8) is 0 Å². The minimum atomic E-state index is -0.975. The van der Waals surface area contributed by atoms with Gasteiger partial charge in [0.1, 0.15) is 5.56 Å². The fourth-order valence-corrected chi connectivity index (χ4v) is 2.52. The number of hydrogen-bond donors (Lipinski definition) is 1. The molecule has 0 fully saturated rings. The number of aromatic carboxylic acids is 1. The second-order valence-electron chi connectivity index (χ2n) is 4.96. The van der Waals surface area contributed by atoms with Gasteiger partial charge < -0.3 is 5.11 Å². The first-order valence-corrected chi connectivity index (χ1v) is 6.58. The number of rotatable bonds is 3. The van der Waals surface area contributed by atoms with Crippen LogP contribution in [-0.2, 0) is 7.05 Å². The van der Waals surface area contributed by atoms with Crippen molar-refractivity contribution in [2.75, 3.05) is 0 Å². The van der Waals surface area contributed by atoms with E-state index in [1.165, 1.54) is 10.9 Å². The normalized spacial score (nSPS) is 26.3. The first kappa shape index (κ1) is 13.9. The Kier molecular flexibility index (Phi) is 3.54. The number of carbonyl (C=O) groups is 1. The fourth-order valence-electron chi connectivity index (χ4n) is 2.29. The lowest BCUT2D eigenvalue weighted by Crippen LogP contribution is -2.27. The number of hydrogen-bond acceptors (Lipinski definition) is 2. The molecule has 0 amide bonds. The van der Waals surface area contributed by atoms with Crippen molar-refractivity contribution >= 4 is 17.6 Å². The third-order valence-electron chi connectivity index (χ3n) is 3.40. The highest BCUT2D eigenvalue weighted by Gasteiger charge is 2.36. The van der Waals surface area contributed by atoms with E-state index in [9.17, 15) is 9.90 Å². The molecule has 2 atom stereocenters. The van der Waals surface area contributed by atoms with E-state index in [4.69, 9.17) is 11.6 Å². The topological polar surface area (TPSA) is 55.1 Å². The molecule has 19 heavy (non-hydrogen) atoms. The third-order valence-corrected chi connectivity index (χ3v) is 3.76. The van der Waals surface area contributed by atoms with Gasteiger partial charge in [-0.2, -0.15) is 5.10 Å². The van der Waals surface area contributed by atoms with E-state index in [2.05, 4.69) is 12.0 Å². The van der Waals surface area contributed by atoms with Crippen LogP contribution in [0.1, 0.15) is 42.2 Å². The van der Waals surface area contributed by atoms with Crippen LogP contribution < -0.4 is 0 Å². The van der Waals surface area contributed by atoms with E-state index in [1.807, 2.05) is 25.2 Å². The molecule has 1 aliphatic carbocycles. The quantitative estimate of drug-likeness (QED) is 0.866. The van der Waals surface area contributed by atoms with E-state index in [-0.39, 0.29) is 11.5 Å². The van der Waals surface area contributed by atoms with E-state index in [1.54, 1.807) is 7.05 Å². The SMILES string of the molecule is CCC1=CC(c2nn(C)cc2C(=O)O)C(C)(Cl)C=C1. The number of carboxylic acid groups (broad SMARTS) is 1. The highest BCUT2D eigenvalue weighted by Crippen LogP contribution is 2.41. The standard InChI is InChI=1S/C14H17ClN2O2/c1-4-9-5-6-14(2,15)11(7-9)12-10(13(18)19)8-17(3)16-12/h5-8,11H,4H2,1-3H3,(H,18,19). The van der Waals surface area contributed by atoms with Crippen LogP contribution in [-0.4, -0.2) is 25.7 Å². The van der Waals surface area contributed by atoms with E-state index >= 15 is 0 Å². The summed E-state index contributed by atoms with van der Waals surface area (Å²) >= 11 is 6.51. The predicted molar refractivity (Wildman–Crippen MR) is 74.7 cm³/mol. The van der Waals surface area contributed by atoms with Crippen molar-refractivity contribution in [3.8, 4) is 0 Å². The molecule has 1 aromatic heterocycles. The lowest BCUT2D eigenvalue weighted by atomic mass is 9.82. The van der Waals surface area contributed by atoms with Crippen LogP contribution in [0.25, 0.3) is 0 Å². The number of aryl methyl sites for hydroxylation is 1. The lowest BCUT2D eigenvalue weighted by Gasteiger charge is -2.30. The molecule has 102 valence electrons. The molecule has 0 spiro atoms. The number of aromatic nitrogens is 2. The van der Waals surface area contributed by atoms with Crippen molar-refractivity contribution in [2.24, 2.45) is 7.05 Å². The van der Waals surface area contributed by atoms with Gasteiger partial charge in [0.15, 0.2) is 0 Å². The van der Waals surface area contributed by atoms with Crippen LogP contribution in [0.4, 0.5) is 0 Å². The molecule has 1 aromatic rings. The molecule has 0 aromatic carbocycles. The highest BCUT2D eigenvalue weighted by molar-refractivity contribution is 6.26. The first-order valence-electron chi connectivity index (χ1n) is 6.21. The zero-order valence-electron chi connectivity index (χ0n) is 11.2. The number of halogens is 1. The second-order valence-corrected chi connectivity index (χ2v) is 5.78. The summed E-state index contributed by atoms with van der Waals surface area (Å²) in [5.74, 6) is -1.21. The molecule has 4 nitrogen and oxygen atoms in total. The Balaban J connectivity index is 2.53. The molecular weight excluding hydrogens is 264 g/mol. The Hall–Kier alpha value is -1.55. The van der Waals surface area contributed by atoms with Crippen LogP contribution >= 0.6 is 11.6 Å². The van der Waals surface area contributed by atoms with E-state index in [0.29, 0.717) is 5.69 Å². The maximum atomic E-state index is 11.3. The van der Waals surface area contributed by atoms with Crippen molar-refractivity contribution in [2.45, 2.75) is 31.1 Å². The average molecular weight is 281 g/mol. The zero-order valence-corrected chi connectivity index (χ0v) is 12.0. The maximum Gasteiger partial charge on any atom is 0.339 e. The summed E-state index contributed by atoms with van der Waals surface area (Å²) in [4.78, 5) is 10.6. The lowest BCUT2D eigenvalue weighted by molar-refractivity contribution is 0.0695. The molecule has 1 heterocycles. The Morgan fingerprint density at radius 2 is 2.32 bits per heavy atom. The van der Waals surface area contributed by atoms with Crippen molar-refractivity contribution in [3.05, 3.63) is 41.3 Å². The Morgan fingerprint density at radius 1 is 1.63 bits per heavy atom. The van der Waals surface area contributed by atoms with Crippen LogP contribution in [0, 0.1) is 0 Å². The molecule has 0 aliphatic heterocycles. The maximum absolute atomic E-state index is 11.3. The molecule has 0 radical (unpaired) electrons. The molecule has 0 saturated heterocycles. The smallest absolute Gasteiger partial charge is 0.339 e. The van der Waals surface area contributed by atoms with E-state index in [0.717, 1.165) is 12.0 Å². The molecule has 1 aliphatic rings. The van der Waals surface area contributed by atoms with Crippen molar-refractivity contribution in [1.82, 2.24) is 9.78 Å². The summed E-state index contributed by atoms with van der Waals surface area (Å²) in [5.41, 5.74) is 1.87.